The Bertz CT molecular complexity index is 1350. The molecule has 3 saturated heterocycles. The third kappa shape index (κ3) is 5.27. The number of anilines is 1. The van der Waals surface area contributed by atoms with E-state index in [0.717, 1.165) is 12.0 Å². The zero-order valence-electron chi connectivity index (χ0n) is 24.8. The molecule has 228 valence electrons. The average molecular weight is 605 g/mol. The monoisotopic (exact) mass is 604 g/mol. The van der Waals surface area contributed by atoms with E-state index in [1.165, 1.54) is 0 Å². The van der Waals surface area contributed by atoms with Crippen LogP contribution in [0.3, 0.4) is 0 Å². The number of carbonyl (C=O) groups excluding carboxylic acids is 3. The van der Waals surface area contributed by atoms with E-state index in [2.05, 4.69) is 20.1 Å². The van der Waals surface area contributed by atoms with Crippen LogP contribution in [0.5, 0.6) is 5.75 Å². The molecule has 2 amide bonds. The third-order valence-electron chi connectivity index (χ3n) is 9.14. The van der Waals surface area contributed by atoms with Crippen LogP contribution in [0.15, 0.2) is 79.9 Å². The summed E-state index contributed by atoms with van der Waals surface area (Å²) in [6.07, 6.45) is 5.52. The van der Waals surface area contributed by atoms with Crippen molar-refractivity contribution in [3.8, 4) is 5.75 Å². The highest BCUT2D eigenvalue weighted by Crippen LogP contribution is 2.69. The van der Waals surface area contributed by atoms with Crippen molar-refractivity contribution in [1.29, 1.82) is 0 Å². The van der Waals surface area contributed by atoms with Crippen molar-refractivity contribution in [1.82, 2.24) is 4.90 Å². The first-order valence-corrected chi connectivity index (χ1v) is 15.7. The number of aliphatic hydroxyl groups excluding tert-OH is 1. The number of allylic oxidation sites excluding steroid dienone is 1. The number of amides is 2. The van der Waals surface area contributed by atoms with Crippen molar-refractivity contribution >= 4 is 35.2 Å². The number of carbonyl (C=O) groups is 3. The highest BCUT2D eigenvalue weighted by molar-refractivity contribution is 8.02. The number of aliphatic hydroxyl groups is 1. The summed E-state index contributed by atoms with van der Waals surface area (Å²) in [6, 6.07) is 14.8. The van der Waals surface area contributed by atoms with Crippen LogP contribution in [0.4, 0.5) is 5.69 Å². The van der Waals surface area contributed by atoms with Gasteiger partial charge in [0.05, 0.1) is 42.9 Å². The van der Waals surface area contributed by atoms with Crippen molar-refractivity contribution in [2.75, 3.05) is 31.8 Å². The number of ether oxygens (including phenoxy) is 2. The van der Waals surface area contributed by atoms with Gasteiger partial charge >= 0.3 is 5.97 Å². The molecule has 43 heavy (non-hydrogen) atoms. The highest BCUT2D eigenvalue weighted by Gasteiger charge is 2.77. The van der Waals surface area contributed by atoms with E-state index in [9.17, 15) is 19.5 Å². The predicted octanol–water partition coefficient (Wildman–Crippen LogP) is 4.79. The number of methoxy groups -OCH3 is 1. The number of hydrogen-bond acceptors (Lipinski definition) is 7. The van der Waals surface area contributed by atoms with E-state index in [4.69, 9.17) is 9.47 Å². The van der Waals surface area contributed by atoms with Crippen LogP contribution in [-0.4, -0.2) is 70.7 Å². The Hall–Kier alpha value is -3.56. The lowest BCUT2D eigenvalue weighted by molar-refractivity contribution is -0.155. The summed E-state index contributed by atoms with van der Waals surface area (Å²) in [4.78, 5) is 46.4. The van der Waals surface area contributed by atoms with Gasteiger partial charge in [0.15, 0.2) is 0 Å². The lowest BCUT2D eigenvalue weighted by Gasteiger charge is -2.42. The number of likely N-dealkylation sites (tertiary alicyclic amines) is 1. The fraction of sp³-hybridized carbons (Fsp3) is 0.441. The van der Waals surface area contributed by atoms with Gasteiger partial charge in [-0.15, -0.1) is 24.9 Å². The predicted molar refractivity (Wildman–Crippen MR) is 168 cm³/mol. The zero-order valence-corrected chi connectivity index (χ0v) is 25.6. The van der Waals surface area contributed by atoms with E-state index >= 15 is 0 Å². The Morgan fingerprint density at radius 1 is 1.16 bits per heavy atom. The quantitative estimate of drug-likeness (QED) is 0.200. The maximum Gasteiger partial charge on any atom is 0.310 e. The summed E-state index contributed by atoms with van der Waals surface area (Å²) in [5, 5.41) is 10.6. The van der Waals surface area contributed by atoms with Gasteiger partial charge in [0, 0.05) is 17.5 Å². The molecule has 2 bridgehead atoms. The van der Waals surface area contributed by atoms with Gasteiger partial charge in [0.1, 0.15) is 11.8 Å². The standard InChI is InChI=1S/C34H40N2O6S/c1-5-7-11-19-42-33(40)28-27-20-22(3)34(43-27)29(28)31(38)36(26(21-37)23-12-9-8-10-13-23)30(34)32(39)35(18-6-2)24-14-16-25(41-4)17-15-24/h5-6,8-10,12-17,22,26-30,37H,1-2,7,11,18-21H2,3-4H3/t22?,26-,27-,28+,29+,30?,34?/m1/s1. The van der Waals surface area contributed by atoms with Crippen molar-refractivity contribution in [2.24, 2.45) is 17.8 Å². The SMILES string of the molecule is C=CCCCOC(=O)[C@@H]1[C@H]2C(=O)N([C@H](CO)c3ccccc3)C(C(=O)N(CC=C)c3ccc(OC)cc3)C23S[C@@H]1CC3C. The van der Waals surface area contributed by atoms with Crippen LogP contribution in [0.25, 0.3) is 0 Å². The number of benzene rings is 2. The molecule has 9 heteroatoms. The minimum absolute atomic E-state index is 0.0308. The van der Waals surface area contributed by atoms with E-state index in [0.29, 0.717) is 24.3 Å². The van der Waals surface area contributed by atoms with E-state index < -0.39 is 28.7 Å². The Morgan fingerprint density at radius 2 is 1.88 bits per heavy atom. The fourth-order valence-corrected chi connectivity index (χ4v) is 9.62. The molecular formula is C34H40N2O6S. The molecule has 2 aromatic carbocycles. The van der Waals surface area contributed by atoms with Crippen LogP contribution in [-0.2, 0) is 19.1 Å². The van der Waals surface area contributed by atoms with Crippen LogP contribution in [0.2, 0.25) is 0 Å². The van der Waals surface area contributed by atoms with Crippen LogP contribution in [0, 0.1) is 17.8 Å². The Kier molecular flexibility index (Phi) is 9.32. The summed E-state index contributed by atoms with van der Waals surface area (Å²) < 4.78 is 10.2. The van der Waals surface area contributed by atoms with Gasteiger partial charge in [-0.25, -0.2) is 0 Å². The van der Waals surface area contributed by atoms with Gasteiger partial charge in [-0.2, -0.15) is 0 Å². The maximum atomic E-state index is 14.9. The second-order valence-electron chi connectivity index (χ2n) is 11.4. The first-order chi connectivity index (χ1) is 20.8. The molecule has 2 aromatic rings. The largest absolute Gasteiger partial charge is 0.497 e. The molecule has 0 aliphatic carbocycles. The summed E-state index contributed by atoms with van der Waals surface area (Å²) in [5.41, 5.74) is 1.37. The molecule has 3 aliphatic rings. The summed E-state index contributed by atoms with van der Waals surface area (Å²) in [5.74, 6) is -1.73. The molecule has 3 aliphatic heterocycles. The number of thioether (sulfide) groups is 1. The summed E-state index contributed by atoms with van der Waals surface area (Å²) >= 11 is 1.59. The number of nitrogens with zero attached hydrogens (tertiary/aromatic N) is 2. The van der Waals surface area contributed by atoms with Crippen LogP contribution < -0.4 is 9.64 Å². The Balaban J connectivity index is 1.60. The third-order valence-corrected chi connectivity index (χ3v) is 11.2. The topological polar surface area (TPSA) is 96.4 Å². The number of fused-ring (bicyclic) bond motifs is 1. The normalized spacial score (nSPS) is 27.8. The smallest absolute Gasteiger partial charge is 0.310 e. The number of esters is 1. The second kappa shape index (κ2) is 13.0. The van der Waals surface area contributed by atoms with Crippen molar-refractivity contribution in [2.45, 2.75) is 48.3 Å². The molecule has 0 saturated carbocycles. The second-order valence-corrected chi connectivity index (χ2v) is 13.0. The van der Waals surface area contributed by atoms with E-state index in [1.807, 2.05) is 42.5 Å². The molecule has 3 unspecified atom stereocenters. The Labute approximate surface area is 257 Å². The minimum atomic E-state index is -0.923. The summed E-state index contributed by atoms with van der Waals surface area (Å²) in [7, 11) is 1.58. The summed E-state index contributed by atoms with van der Waals surface area (Å²) in [6.45, 7) is 9.79. The first-order valence-electron chi connectivity index (χ1n) is 14.8. The highest BCUT2D eigenvalue weighted by atomic mass is 32.2. The van der Waals surface area contributed by atoms with Crippen molar-refractivity contribution in [3.05, 3.63) is 85.5 Å². The van der Waals surface area contributed by atoms with Gasteiger partial charge < -0.3 is 24.4 Å². The Morgan fingerprint density at radius 3 is 2.51 bits per heavy atom. The molecule has 0 radical (unpaired) electrons. The van der Waals surface area contributed by atoms with Crippen LogP contribution >= 0.6 is 11.8 Å². The van der Waals surface area contributed by atoms with E-state index in [-0.39, 0.29) is 48.7 Å². The van der Waals surface area contributed by atoms with Crippen LogP contribution in [0.1, 0.15) is 37.8 Å². The van der Waals surface area contributed by atoms with Gasteiger partial charge in [-0.3, -0.25) is 14.4 Å². The molecule has 8 nitrogen and oxygen atoms in total. The number of unbranched alkanes of at least 4 members (excludes halogenated alkanes) is 1. The molecule has 0 aromatic heterocycles. The van der Waals surface area contributed by atoms with Crippen molar-refractivity contribution < 1.29 is 29.0 Å². The molecular weight excluding hydrogens is 564 g/mol. The molecule has 3 heterocycles. The minimum Gasteiger partial charge on any atom is -0.497 e. The lowest BCUT2D eigenvalue weighted by Crippen LogP contribution is -2.58. The average Bonchev–Trinajstić information content (AvgIpc) is 3.62. The molecule has 7 atom stereocenters. The molecule has 1 spiro atoms. The molecule has 5 rings (SSSR count). The van der Waals surface area contributed by atoms with E-state index in [1.54, 1.807) is 53.0 Å². The first kappa shape index (κ1) is 30.9. The van der Waals surface area contributed by atoms with Gasteiger partial charge in [-0.1, -0.05) is 49.4 Å². The van der Waals surface area contributed by atoms with Gasteiger partial charge in [-0.05, 0) is 55.0 Å². The van der Waals surface area contributed by atoms with Crippen molar-refractivity contribution in [3.63, 3.8) is 0 Å². The maximum absolute atomic E-state index is 14.9. The van der Waals surface area contributed by atoms with Gasteiger partial charge in [0.25, 0.3) is 5.91 Å². The lowest BCUT2D eigenvalue weighted by atomic mass is 9.66. The zero-order chi connectivity index (χ0) is 30.7. The fourth-order valence-electron chi connectivity index (χ4n) is 7.23. The number of rotatable bonds is 13. The number of hydrogen-bond donors (Lipinski definition) is 1. The molecule has 1 N–H and O–H groups in total. The van der Waals surface area contributed by atoms with Gasteiger partial charge in [0.2, 0.25) is 5.91 Å². The molecule has 3 fully saturated rings.